The van der Waals surface area contributed by atoms with Crippen molar-refractivity contribution in [2.24, 2.45) is 0 Å². The smallest absolute Gasteiger partial charge is 0.135 e. The summed E-state index contributed by atoms with van der Waals surface area (Å²) >= 11 is 0. The van der Waals surface area contributed by atoms with E-state index in [9.17, 15) is 0 Å². The summed E-state index contributed by atoms with van der Waals surface area (Å²) in [5.74, 6) is 1.78. The molecule has 2 saturated heterocycles. The van der Waals surface area contributed by atoms with Crippen molar-refractivity contribution in [1.29, 1.82) is 0 Å². The Bertz CT molecular complexity index is 2880. The van der Waals surface area contributed by atoms with Crippen LogP contribution in [-0.2, 0) is 17.6 Å². The maximum Gasteiger partial charge on any atom is 0.135 e. The van der Waals surface area contributed by atoms with Crippen molar-refractivity contribution in [3.63, 3.8) is 0 Å². The molecule has 386 valence electrons. The monoisotopic (exact) mass is 1000 g/mol. The molecule has 7 aromatic rings. The molecule has 0 unspecified atom stereocenters. The lowest BCUT2D eigenvalue weighted by Gasteiger charge is -2.21. The predicted molar refractivity (Wildman–Crippen MR) is 326 cm³/mol. The molecule has 7 aliphatic rings. The van der Waals surface area contributed by atoms with Gasteiger partial charge < -0.3 is 14.8 Å². The highest BCUT2D eigenvalue weighted by Gasteiger charge is 2.21. The van der Waals surface area contributed by atoms with Crippen LogP contribution in [0.25, 0.3) is 33.4 Å². The van der Waals surface area contributed by atoms with Crippen LogP contribution >= 0.6 is 0 Å². The molecule has 3 aliphatic heterocycles. The van der Waals surface area contributed by atoms with Crippen LogP contribution in [0.1, 0.15) is 126 Å². The topological polar surface area (TPSA) is 30.5 Å². The van der Waals surface area contributed by atoms with Gasteiger partial charge in [0.25, 0.3) is 0 Å². The normalized spacial score (nSPS) is 16.0. The summed E-state index contributed by atoms with van der Waals surface area (Å²) in [5, 5.41) is 3.25. The molecule has 0 amide bonds. The van der Waals surface area contributed by atoms with Gasteiger partial charge in [0.15, 0.2) is 0 Å². The summed E-state index contributed by atoms with van der Waals surface area (Å²) in [7, 11) is 0. The molecule has 1 saturated carbocycles. The van der Waals surface area contributed by atoms with E-state index in [0.29, 0.717) is 0 Å². The van der Waals surface area contributed by atoms with Crippen LogP contribution in [0.2, 0.25) is 0 Å². The van der Waals surface area contributed by atoms with Crippen molar-refractivity contribution in [3.05, 3.63) is 288 Å². The number of ether oxygens (including phenoxy) is 2. The molecule has 7 aromatic carbocycles. The minimum Gasteiger partial charge on any atom is -0.456 e. The van der Waals surface area contributed by atoms with Gasteiger partial charge in [0.05, 0.1) is 13.2 Å². The molecule has 0 aromatic heterocycles. The molecule has 3 heterocycles. The Balaban J connectivity index is 0.000000120. The Labute approximate surface area is 455 Å². The van der Waals surface area contributed by atoms with Gasteiger partial charge in [-0.1, -0.05) is 227 Å². The molecule has 3 fully saturated rings. The number of para-hydroxylation sites is 2. The number of hydrogen-bond acceptors (Lipinski definition) is 3. The highest BCUT2D eigenvalue weighted by molar-refractivity contribution is 6.00. The van der Waals surface area contributed by atoms with Gasteiger partial charge in [0, 0.05) is 11.1 Å². The second-order valence-electron chi connectivity index (χ2n) is 20.4. The molecule has 3 nitrogen and oxygen atoms in total. The first-order valence-corrected chi connectivity index (χ1v) is 27.5. The fourth-order valence-corrected chi connectivity index (χ4v) is 10.5. The number of allylic oxidation sites excluding steroid dienone is 2. The molecule has 3 heteroatoms. The molecule has 4 aliphatic carbocycles. The zero-order chi connectivity index (χ0) is 53.1. The standard InChI is InChI=1S/C15H12.C14H10O.C14H10.C11H12.C7H12.C6H11N.C6H10O/c1-11-14-8-4-2-6-12(14)10-13-7-3-5-9-15(11)13;1-10-11-6-2-4-8-13(11)15-14-9-5-3-7-12(10)14;1-10-11-6-2-4-8-13(11)14-9-5-3-7-12(10)14;1-9-5-4-7-10-6-2-3-8-11(9)10;1-7-5-3-2-4-6-7;2*1-6-2-4-7-5-3-6/h2-9H,1,10H2;2-9H,1H2;2-9H,1H2;2-3,6,8H,1,4-5,7H2;1-6H2;7H,1-5H2;1-5H2. The average Bonchev–Trinajstić information content (AvgIpc) is 3.77. The van der Waals surface area contributed by atoms with Crippen LogP contribution < -0.4 is 10.1 Å². The molecule has 1 N–H and O–H groups in total. The fourth-order valence-electron chi connectivity index (χ4n) is 10.5. The SMILES string of the molecule is C=C1CCCCC1.C=C1CCCc2ccccc21.C=C1CCNCC1.C=C1CCOCC1.C=C1c2ccccc2-c2ccccc21.C=C1c2ccccc2Cc2ccccc21.C=C1c2ccccc2Oc2ccccc21. The molecule has 0 radical (unpaired) electrons. The Morgan fingerprint density at radius 2 is 0.684 bits per heavy atom. The summed E-state index contributed by atoms with van der Waals surface area (Å²) in [5.41, 5.74) is 24.4. The second kappa shape index (κ2) is 27.8. The highest BCUT2D eigenvalue weighted by Crippen LogP contribution is 2.44. The zero-order valence-corrected chi connectivity index (χ0v) is 45.0. The molecular weight excluding hydrogens is 923 g/mol. The number of aryl methyl sites for hydroxylation is 1. The molecule has 14 rings (SSSR count). The van der Waals surface area contributed by atoms with Crippen molar-refractivity contribution in [1.82, 2.24) is 5.32 Å². The summed E-state index contributed by atoms with van der Waals surface area (Å²) in [6, 6.07) is 58.5. The van der Waals surface area contributed by atoms with Crippen LogP contribution in [0.15, 0.2) is 233 Å². The van der Waals surface area contributed by atoms with E-state index in [-0.39, 0.29) is 0 Å². The molecule has 0 spiro atoms. The third-order valence-electron chi connectivity index (χ3n) is 14.9. The fraction of sp³-hybridized carbons (Fsp3) is 0.233. The lowest BCUT2D eigenvalue weighted by Crippen LogP contribution is -2.22. The molecule has 0 atom stereocenters. The van der Waals surface area contributed by atoms with Gasteiger partial charge in [-0.05, 0) is 180 Å². The van der Waals surface area contributed by atoms with Gasteiger partial charge in [-0.2, -0.15) is 0 Å². The van der Waals surface area contributed by atoms with Crippen LogP contribution in [0, 0.1) is 0 Å². The van der Waals surface area contributed by atoms with Crippen LogP contribution in [0.5, 0.6) is 11.5 Å². The lowest BCUT2D eigenvalue weighted by atomic mass is 9.83. The van der Waals surface area contributed by atoms with E-state index in [4.69, 9.17) is 9.47 Å². The second-order valence-corrected chi connectivity index (χ2v) is 20.4. The van der Waals surface area contributed by atoms with Crippen molar-refractivity contribution in [2.45, 2.75) is 83.5 Å². The minimum absolute atomic E-state index is 0.888. The Morgan fingerprint density at radius 1 is 0.303 bits per heavy atom. The van der Waals surface area contributed by atoms with E-state index in [2.05, 4.69) is 173 Å². The van der Waals surface area contributed by atoms with Crippen LogP contribution in [0.3, 0.4) is 0 Å². The summed E-state index contributed by atoms with van der Waals surface area (Å²) in [6.07, 6.45) is 16.0. The summed E-state index contributed by atoms with van der Waals surface area (Å²) in [4.78, 5) is 0. The third kappa shape index (κ3) is 14.6. The maximum atomic E-state index is 5.79. The predicted octanol–water partition coefficient (Wildman–Crippen LogP) is 19.1. The van der Waals surface area contributed by atoms with Crippen molar-refractivity contribution in [3.8, 4) is 22.6 Å². The van der Waals surface area contributed by atoms with Gasteiger partial charge in [-0.15, -0.1) is 0 Å². The van der Waals surface area contributed by atoms with Crippen molar-refractivity contribution in [2.75, 3.05) is 26.3 Å². The van der Waals surface area contributed by atoms with Gasteiger partial charge >= 0.3 is 0 Å². The number of fused-ring (bicyclic) bond motifs is 8. The summed E-state index contributed by atoms with van der Waals surface area (Å²) in [6.45, 7) is 32.2. The van der Waals surface area contributed by atoms with E-state index in [0.717, 1.165) is 84.9 Å². The highest BCUT2D eigenvalue weighted by atomic mass is 16.5. The average molecular weight is 1000 g/mol. The van der Waals surface area contributed by atoms with Gasteiger partial charge in [-0.25, -0.2) is 0 Å². The van der Waals surface area contributed by atoms with Crippen LogP contribution in [-0.4, -0.2) is 26.3 Å². The van der Waals surface area contributed by atoms with Gasteiger partial charge in [0.2, 0.25) is 0 Å². The Hall–Kier alpha value is -7.56. The van der Waals surface area contributed by atoms with E-state index in [1.54, 1.807) is 0 Å². The molecular formula is C73H77NO2. The first kappa shape index (κ1) is 54.7. The Morgan fingerprint density at radius 3 is 1.12 bits per heavy atom. The van der Waals surface area contributed by atoms with E-state index in [1.807, 2.05) is 48.5 Å². The number of hydrogen-bond donors (Lipinski definition) is 1. The number of rotatable bonds is 0. The number of piperidine rings is 1. The first-order chi connectivity index (χ1) is 37.2. The zero-order valence-electron chi connectivity index (χ0n) is 45.0. The number of benzene rings is 7. The first-order valence-electron chi connectivity index (χ1n) is 27.5. The summed E-state index contributed by atoms with van der Waals surface area (Å²) < 4.78 is 10.9. The minimum atomic E-state index is 0.888. The number of nitrogens with one attached hydrogen (secondary N) is 1. The molecule has 0 bridgehead atoms. The lowest BCUT2D eigenvalue weighted by molar-refractivity contribution is 0.119. The van der Waals surface area contributed by atoms with Crippen molar-refractivity contribution >= 4 is 22.3 Å². The largest absolute Gasteiger partial charge is 0.456 e. The quantitative estimate of drug-likeness (QED) is 0.154. The third-order valence-corrected chi connectivity index (χ3v) is 14.9. The van der Waals surface area contributed by atoms with Crippen LogP contribution in [0.4, 0.5) is 0 Å². The van der Waals surface area contributed by atoms with E-state index < -0.39 is 0 Å². The molecule has 76 heavy (non-hydrogen) atoms. The van der Waals surface area contributed by atoms with Crippen molar-refractivity contribution < 1.29 is 9.47 Å². The van der Waals surface area contributed by atoms with E-state index >= 15 is 0 Å². The van der Waals surface area contributed by atoms with Gasteiger partial charge in [-0.3, -0.25) is 0 Å². The van der Waals surface area contributed by atoms with E-state index in [1.165, 1.54) is 142 Å². The van der Waals surface area contributed by atoms with Gasteiger partial charge in [0.1, 0.15) is 11.5 Å². The maximum absolute atomic E-state index is 5.79. The Kier molecular flexibility index (Phi) is 20.0.